The molecule has 0 spiro atoms. The summed E-state index contributed by atoms with van der Waals surface area (Å²) in [5, 5.41) is 10.2. The first-order valence-corrected chi connectivity index (χ1v) is 6.72. The average molecular weight is 315 g/mol. The molecule has 2 N–H and O–H groups in total. The monoisotopic (exact) mass is 314 g/mol. The quantitative estimate of drug-likeness (QED) is 0.907. The highest BCUT2D eigenvalue weighted by Crippen LogP contribution is 2.18. The number of aromatic amines is 1. The number of hydrogen-bond donors (Lipinski definition) is 2. The predicted octanol–water partition coefficient (Wildman–Crippen LogP) is 2.16. The second-order valence-electron chi connectivity index (χ2n) is 3.35. The third kappa shape index (κ3) is 2.92. The number of anilines is 1. The van der Waals surface area contributed by atoms with Crippen molar-refractivity contribution in [2.45, 2.75) is 19.9 Å². The van der Waals surface area contributed by atoms with E-state index in [-0.39, 0.29) is 5.56 Å². The molecular weight excluding hydrogens is 304 g/mol. The number of aryl methyl sites for hydroxylation is 1. The third-order valence-corrected chi connectivity index (χ3v) is 4.10. The Labute approximate surface area is 110 Å². The van der Waals surface area contributed by atoms with Crippen molar-refractivity contribution in [3.05, 3.63) is 37.1 Å². The largest absolute Gasteiger partial charge is 0.376 e. The summed E-state index contributed by atoms with van der Waals surface area (Å²) in [5.74, 6) is 0. The molecule has 90 valence electrons. The molecule has 0 amide bonds. The van der Waals surface area contributed by atoms with Crippen molar-refractivity contribution in [1.29, 1.82) is 0 Å². The molecule has 0 aliphatic heterocycles. The summed E-state index contributed by atoms with van der Waals surface area (Å²) in [7, 11) is 0. The van der Waals surface area contributed by atoms with E-state index in [1.165, 1.54) is 4.88 Å². The first-order valence-electron chi connectivity index (χ1n) is 5.11. The molecule has 2 heterocycles. The van der Waals surface area contributed by atoms with Gasteiger partial charge in [0.25, 0.3) is 5.56 Å². The van der Waals surface area contributed by atoms with Gasteiger partial charge in [-0.15, -0.1) is 11.3 Å². The predicted molar refractivity (Wildman–Crippen MR) is 71.4 cm³/mol. The van der Waals surface area contributed by atoms with Gasteiger partial charge in [-0.2, -0.15) is 5.10 Å². The molecule has 2 aromatic rings. The van der Waals surface area contributed by atoms with Gasteiger partial charge in [0.05, 0.1) is 18.4 Å². The van der Waals surface area contributed by atoms with Crippen molar-refractivity contribution in [3.63, 3.8) is 0 Å². The van der Waals surface area contributed by atoms with Crippen LogP contribution in [0.25, 0.3) is 0 Å². The lowest BCUT2D eigenvalue weighted by Gasteiger charge is -2.04. The fourth-order valence-corrected chi connectivity index (χ4v) is 2.40. The lowest BCUT2D eigenvalue weighted by atomic mass is 10.4. The van der Waals surface area contributed by atoms with Crippen LogP contribution in [0.15, 0.2) is 21.7 Å². The summed E-state index contributed by atoms with van der Waals surface area (Å²) in [6.45, 7) is 2.69. The number of rotatable bonds is 4. The average Bonchev–Trinajstić information content (AvgIpc) is 2.79. The molecule has 0 radical (unpaired) electrons. The third-order valence-electron chi connectivity index (χ3n) is 2.18. The molecule has 2 rings (SSSR count). The molecule has 0 aromatic carbocycles. The number of halogens is 1. The van der Waals surface area contributed by atoms with Gasteiger partial charge in [0.1, 0.15) is 9.48 Å². The lowest BCUT2D eigenvalue weighted by molar-refractivity contribution is 0.969. The van der Waals surface area contributed by atoms with Gasteiger partial charge in [0, 0.05) is 11.1 Å². The number of aromatic nitrogens is 3. The number of thiazole rings is 1. The minimum atomic E-state index is -0.247. The van der Waals surface area contributed by atoms with Crippen LogP contribution in [-0.2, 0) is 13.0 Å². The van der Waals surface area contributed by atoms with Crippen molar-refractivity contribution >= 4 is 33.0 Å². The second-order valence-corrected chi connectivity index (χ2v) is 5.35. The Kier molecular flexibility index (Phi) is 3.90. The van der Waals surface area contributed by atoms with E-state index in [2.05, 4.69) is 43.4 Å². The van der Waals surface area contributed by atoms with Gasteiger partial charge >= 0.3 is 0 Å². The molecule has 0 aliphatic carbocycles. The molecule has 0 atom stereocenters. The van der Waals surface area contributed by atoms with E-state index in [4.69, 9.17) is 0 Å². The molecule has 0 unspecified atom stereocenters. The molecule has 0 bridgehead atoms. The van der Waals surface area contributed by atoms with Crippen molar-refractivity contribution in [1.82, 2.24) is 15.2 Å². The van der Waals surface area contributed by atoms with Gasteiger partial charge in [0.2, 0.25) is 0 Å². The molecule has 5 nitrogen and oxygen atoms in total. The summed E-state index contributed by atoms with van der Waals surface area (Å²) in [4.78, 5) is 16.8. The van der Waals surface area contributed by atoms with Gasteiger partial charge in [0.15, 0.2) is 0 Å². The summed E-state index contributed by atoms with van der Waals surface area (Å²) in [6.07, 6.45) is 4.44. The summed E-state index contributed by atoms with van der Waals surface area (Å²) in [5.41, 5.74) is 0.422. The minimum absolute atomic E-state index is 0.247. The molecule has 17 heavy (non-hydrogen) atoms. The first-order chi connectivity index (χ1) is 8.20. The van der Waals surface area contributed by atoms with Crippen LogP contribution >= 0.6 is 27.3 Å². The van der Waals surface area contributed by atoms with Crippen molar-refractivity contribution in [2.75, 3.05) is 5.32 Å². The summed E-state index contributed by atoms with van der Waals surface area (Å²) in [6, 6.07) is 0. The van der Waals surface area contributed by atoms with Crippen molar-refractivity contribution in [3.8, 4) is 0 Å². The van der Waals surface area contributed by atoms with Crippen LogP contribution in [0.4, 0.5) is 5.69 Å². The Bertz CT molecular complexity index is 565. The lowest BCUT2D eigenvalue weighted by Crippen LogP contribution is -2.12. The van der Waals surface area contributed by atoms with Crippen LogP contribution < -0.4 is 10.9 Å². The molecule has 0 saturated heterocycles. The molecule has 0 saturated carbocycles. The Morgan fingerprint density at radius 3 is 3.06 bits per heavy atom. The summed E-state index contributed by atoms with van der Waals surface area (Å²) >= 11 is 4.88. The molecule has 0 fully saturated rings. The van der Waals surface area contributed by atoms with Crippen LogP contribution in [0, 0.1) is 0 Å². The van der Waals surface area contributed by atoms with Gasteiger partial charge in [-0.1, -0.05) is 6.92 Å². The fourth-order valence-electron chi connectivity index (χ4n) is 1.27. The van der Waals surface area contributed by atoms with Gasteiger partial charge < -0.3 is 5.32 Å². The maximum Gasteiger partial charge on any atom is 0.280 e. The SMILES string of the molecule is CCc1cnc(CNc2cn[nH]c(=O)c2Br)s1. The second kappa shape index (κ2) is 5.42. The number of hydrogen-bond acceptors (Lipinski definition) is 5. The summed E-state index contributed by atoms with van der Waals surface area (Å²) < 4.78 is 0.458. The van der Waals surface area contributed by atoms with E-state index in [0.717, 1.165) is 11.4 Å². The Morgan fingerprint density at radius 1 is 1.53 bits per heavy atom. The normalized spacial score (nSPS) is 10.5. The standard InChI is InChI=1S/C10H11BrN4OS/c1-2-6-3-13-8(17-6)5-12-7-4-14-15-10(16)9(7)11/h3-4H,2,5H2,1H3,(H2,12,15,16). The van der Waals surface area contributed by atoms with Crippen LogP contribution in [0.1, 0.15) is 16.8 Å². The zero-order valence-corrected chi connectivity index (χ0v) is 11.6. The van der Waals surface area contributed by atoms with E-state index < -0.39 is 0 Å². The van der Waals surface area contributed by atoms with Gasteiger partial charge in [-0.25, -0.2) is 10.1 Å². The Morgan fingerprint density at radius 2 is 2.35 bits per heavy atom. The minimum Gasteiger partial charge on any atom is -0.376 e. The maximum absolute atomic E-state index is 11.3. The van der Waals surface area contributed by atoms with E-state index in [1.807, 2.05) is 6.20 Å². The Hall–Kier alpha value is -1.21. The zero-order valence-electron chi connectivity index (χ0n) is 9.16. The number of H-pyrrole nitrogens is 1. The molecule has 0 aliphatic rings. The van der Waals surface area contributed by atoms with E-state index in [1.54, 1.807) is 17.5 Å². The van der Waals surface area contributed by atoms with Crippen LogP contribution in [0.3, 0.4) is 0 Å². The molecule has 2 aromatic heterocycles. The van der Waals surface area contributed by atoms with Gasteiger partial charge in [-0.05, 0) is 22.4 Å². The zero-order chi connectivity index (χ0) is 12.3. The maximum atomic E-state index is 11.3. The van der Waals surface area contributed by atoms with Crippen molar-refractivity contribution in [2.24, 2.45) is 0 Å². The molecular formula is C10H11BrN4OS. The fraction of sp³-hybridized carbons (Fsp3) is 0.300. The Balaban J connectivity index is 2.07. The number of nitrogens with zero attached hydrogens (tertiary/aromatic N) is 2. The van der Waals surface area contributed by atoms with Crippen LogP contribution in [-0.4, -0.2) is 15.2 Å². The highest BCUT2D eigenvalue weighted by atomic mass is 79.9. The van der Waals surface area contributed by atoms with Crippen LogP contribution in [0.2, 0.25) is 0 Å². The van der Waals surface area contributed by atoms with E-state index in [0.29, 0.717) is 16.7 Å². The highest BCUT2D eigenvalue weighted by Gasteiger charge is 2.05. The van der Waals surface area contributed by atoms with E-state index in [9.17, 15) is 4.79 Å². The van der Waals surface area contributed by atoms with E-state index >= 15 is 0 Å². The first kappa shape index (κ1) is 12.3. The number of nitrogens with one attached hydrogen (secondary N) is 2. The topological polar surface area (TPSA) is 70.7 Å². The van der Waals surface area contributed by atoms with Crippen LogP contribution in [0.5, 0.6) is 0 Å². The highest BCUT2D eigenvalue weighted by molar-refractivity contribution is 9.10. The van der Waals surface area contributed by atoms with Crippen molar-refractivity contribution < 1.29 is 0 Å². The van der Waals surface area contributed by atoms with Gasteiger partial charge in [-0.3, -0.25) is 4.79 Å². The molecule has 7 heteroatoms. The smallest absolute Gasteiger partial charge is 0.280 e.